The molecule has 0 saturated carbocycles. The van der Waals surface area contributed by atoms with Gasteiger partial charge < -0.3 is 19.3 Å². The Kier molecular flexibility index (Phi) is 7.60. The normalized spacial score (nSPS) is 15.0. The second kappa shape index (κ2) is 11.4. The van der Waals surface area contributed by atoms with Gasteiger partial charge in [0.05, 0.1) is 11.9 Å². The largest absolute Gasteiger partial charge is 0.454 e. The van der Waals surface area contributed by atoms with Crippen LogP contribution in [0.25, 0.3) is 0 Å². The van der Waals surface area contributed by atoms with Crippen LogP contribution in [0.1, 0.15) is 33.7 Å². The predicted octanol–water partition coefficient (Wildman–Crippen LogP) is 2.89. The molecule has 0 bridgehead atoms. The first kappa shape index (κ1) is 24.7. The van der Waals surface area contributed by atoms with Crippen LogP contribution in [0.2, 0.25) is 0 Å². The summed E-state index contributed by atoms with van der Waals surface area (Å²) in [6.07, 6.45) is 3.35. The van der Waals surface area contributed by atoms with Gasteiger partial charge in [0.1, 0.15) is 5.69 Å². The summed E-state index contributed by atoms with van der Waals surface area (Å²) in [6.45, 7) is 6.56. The van der Waals surface area contributed by atoms with Crippen molar-refractivity contribution < 1.29 is 19.1 Å². The molecule has 1 saturated heterocycles. The molecular weight excluding hydrogens is 470 g/mol. The molecule has 9 nitrogen and oxygen atoms in total. The molecule has 3 aromatic rings. The topological polar surface area (TPSA) is 88.1 Å². The van der Waals surface area contributed by atoms with Crippen molar-refractivity contribution in [1.29, 1.82) is 0 Å². The molecule has 2 aliphatic rings. The number of hydrogen-bond donors (Lipinski definition) is 0. The van der Waals surface area contributed by atoms with Crippen molar-refractivity contribution in [3.63, 3.8) is 0 Å². The van der Waals surface area contributed by atoms with Crippen molar-refractivity contribution in [2.24, 2.45) is 0 Å². The van der Waals surface area contributed by atoms with Crippen LogP contribution in [0.15, 0.2) is 60.9 Å². The number of fused-ring (bicyclic) bond motifs is 1. The molecule has 0 N–H and O–H groups in total. The highest BCUT2D eigenvalue weighted by Crippen LogP contribution is 2.32. The number of rotatable bonds is 8. The molecule has 0 atom stereocenters. The van der Waals surface area contributed by atoms with E-state index in [4.69, 9.17) is 9.47 Å². The van der Waals surface area contributed by atoms with Gasteiger partial charge >= 0.3 is 0 Å². The highest BCUT2D eigenvalue weighted by Gasteiger charge is 2.24. The standard InChI is InChI=1S/C28H31N5O4/c1-21-16-30-24(17-29-21)28(35)33(19-22-5-3-2-4-6-22)10-9-27(34)32-13-11-31(12-14-32)18-23-7-8-25-26(15-23)37-20-36-25/h2-8,15-17H,9-14,18-20H2,1H3. The maximum absolute atomic E-state index is 13.2. The van der Waals surface area contributed by atoms with E-state index in [0.717, 1.165) is 42.4 Å². The Hall–Kier alpha value is -3.98. The maximum Gasteiger partial charge on any atom is 0.274 e. The molecule has 2 amide bonds. The van der Waals surface area contributed by atoms with Gasteiger partial charge in [0.25, 0.3) is 5.91 Å². The van der Waals surface area contributed by atoms with Gasteiger partial charge in [-0.1, -0.05) is 36.4 Å². The first-order valence-corrected chi connectivity index (χ1v) is 12.6. The molecule has 0 radical (unpaired) electrons. The fourth-order valence-electron chi connectivity index (χ4n) is 4.56. The zero-order valence-corrected chi connectivity index (χ0v) is 21.0. The highest BCUT2D eigenvalue weighted by atomic mass is 16.7. The zero-order chi connectivity index (χ0) is 25.6. The lowest BCUT2D eigenvalue weighted by Gasteiger charge is -2.35. The molecule has 2 aromatic carbocycles. The van der Waals surface area contributed by atoms with Crippen LogP contribution >= 0.6 is 0 Å². The van der Waals surface area contributed by atoms with E-state index in [9.17, 15) is 9.59 Å². The number of carbonyl (C=O) groups is 2. The minimum absolute atomic E-state index is 0.0589. The van der Waals surface area contributed by atoms with E-state index in [0.29, 0.717) is 26.2 Å². The van der Waals surface area contributed by atoms with Gasteiger partial charge in [0.15, 0.2) is 11.5 Å². The van der Waals surface area contributed by atoms with Crippen LogP contribution in [-0.4, -0.2) is 76.0 Å². The van der Waals surface area contributed by atoms with Gasteiger partial charge in [-0.25, -0.2) is 4.98 Å². The molecule has 37 heavy (non-hydrogen) atoms. The Labute approximate surface area is 216 Å². The summed E-state index contributed by atoms with van der Waals surface area (Å²) in [5, 5.41) is 0. The number of benzene rings is 2. The minimum Gasteiger partial charge on any atom is -0.454 e. The van der Waals surface area contributed by atoms with Crippen LogP contribution < -0.4 is 9.47 Å². The minimum atomic E-state index is -0.224. The van der Waals surface area contributed by atoms with Crippen LogP contribution in [0.4, 0.5) is 0 Å². The van der Waals surface area contributed by atoms with Crippen molar-refractivity contribution in [2.75, 3.05) is 39.5 Å². The number of aryl methyl sites for hydroxylation is 1. The quantitative estimate of drug-likeness (QED) is 0.469. The Morgan fingerprint density at radius 2 is 1.70 bits per heavy atom. The number of nitrogens with zero attached hydrogens (tertiary/aromatic N) is 5. The lowest BCUT2D eigenvalue weighted by Crippen LogP contribution is -2.49. The molecule has 1 fully saturated rings. The summed E-state index contributed by atoms with van der Waals surface area (Å²) >= 11 is 0. The second-order valence-electron chi connectivity index (χ2n) is 9.35. The van der Waals surface area contributed by atoms with E-state index in [1.165, 1.54) is 11.8 Å². The third kappa shape index (κ3) is 6.24. The summed E-state index contributed by atoms with van der Waals surface area (Å²) < 4.78 is 10.9. The van der Waals surface area contributed by atoms with E-state index in [1.807, 2.05) is 54.3 Å². The molecular formula is C28H31N5O4. The summed E-state index contributed by atoms with van der Waals surface area (Å²) in [6, 6.07) is 15.8. The van der Waals surface area contributed by atoms with Crippen LogP contribution in [-0.2, 0) is 17.9 Å². The highest BCUT2D eigenvalue weighted by molar-refractivity contribution is 5.92. The number of aromatic nitrogens is 2. The van der Waals surface area contributed by atoms with Crippen molar-refractivity contribution >= 4 is 11.8 Å². The third-order valence-corrected chi connectivity index (χ3v) is 6.67. The van der Waals surface area contributed by atoms with Crippen molar-refractivity contribution in [3.8, 4) is 11.5 Å². The molecule has 1 aromatic heterocycles. The first-order valence-electron chi connectivity index (χ1n) is 12.6. The van der Waals surface area contributed by atoms with Crippen LogP contribution in [0.3, 0.4) is 0 Å². The molecule has 3 heterocycles. The lowest BCUT2D eigenvalue weighted by atomic mass is 10.1. The van der Waals surface area contributed by atoms with Gasteiger partial charge in [-0.05, 0) is 30.2 Å². The first-order chi connectivity index (χ1) is 18.0. The van der Waals surface area contributed by atoms with E-state index < -0.39 is 0 Å². The molecule has 0 spiro atoms. The Bertz CT molecular complexity index is 1230. The van der Waals surface area contributed by atoms with Gasteiger partial charge in [-0.3, -0.25) is 19.5 Å². The van der Waals surface area contributed by atoms with Crippen molar-refractivity contribution in [3.05, 3.63) is 83.4 Å². The SMILES string of the molecule is Cc1cnc(C(=O)N(CCC(=O)N2CCN(Cc3ccc4c(c3)OCO4)CC2)Cc2ccccc2)cn1. The average molecular weight is 502 g/mol. The predicted molar refractivity (Wildman–Crippen MR) is 137 cm³/mol. The van der Waals surface area contributed by atoms with Gasteiger partial charge in [0, 0.05) is 58.4 Å². The summed E-state index contributed by atoms with van der Waals surface area (Å²) in [7, 11) is 0. The second-order valence-corrected chi connectivity index (χ2v) is 9.35. The van der Waals surface area contributed by atoms with Crippen LogP contribution in [0.5, 0.6) is 11.5 Å². The summed E-state index contributed by atoms with van der Waals surface area (Å²) in [5.41, 5.74) is 3.20. The molecule has 192 valence electrons. The van der Waals surface area contributed by atoms with Crippen LogP contribution in [0, 0.1) is 6.92 Å². The fraction of sp³-hybridized carbons (Fsp3) is 0.357. The lowest BCUT2D eigenvalue weighted by molar-refractivity contribution is -0.133. The van der Waals surface area contributed by atoms with E-state index in [2.05, 4.69) is 20.9 Å². The van der Waals surface area contributed by atoms with Crippen molar-refractivity contribution in [1.82, 2.24) is 24.7 Å². The molecule has 0 unspecified atom stereocenters. The van der Waals surface area contributed by atoms with Gasteiger partial charge in [-0.15, -0.1) is 0 Å². The average Bonchev–Trinajstić information content (AvgIpc) is 3.40. The maximum atomic E-state index is 13.2. The number of amides is 2. The smallest absolute Gasteiger partial charge is 0.274 e. The Morgan fingerprint density at radius 1 is 0.919 bits per heavy atom. The zero-order valence-electron chi connectivity index (χ0n) is 21.0. The molecule has 2 aliphatic heterocycles. The number of hydrogen-bond acceptors (Lipinski definition) is 7. The molecule has 9 heteroatoms. The van der Waals surface area contributed by atoms with E-state index in [1.54, 1.807) is 11.1 Å². The molecule has 0 aliphatic carbocycles. The third-order valence-electron chi connectivity index (χ3n) is 6.67. The number of carbonyl (C=O) groups excluding carboxylic acids is 2. The number of ether oxygens (including phenoxy) is 2. The summed E-state index contributed by atoms with van der Waals surface area (Å²) in [4.78, 5) is 40.6. The molecule has 5 rings (SSSR count). The number of piperazine rings is 1. The van der Waals surface area contributed by atoms with E-state index >= 15 is 0 Å². The fourth-order valence-corrected chi connectivity index (χ4v) is 4.56. The Morgan fingerprint density at radius 3 is 2.46 bits per heavy atom. The van der Waals surface area contributed by atoms with Gasteiger partial charge in [-0.2, -0.15) is 0 Å². The van der Waals surface area contributed by atoms with E-state index in [-0.39, 0.29) is 30.7 Å². The summed E-state index contributed by atoms with van der Waals surface area (Å²) in [5.74, 6) is 1.41. The Balaban J connectivity index is 1.15. The van der Waals surface area contributed by atoms with Crippen molar-refractivity contribution in [2.45, 2.75) is 26.4 Å². The monoisotopic (exact) mass is 501 g/mol. The van der Waals surface area contributed by atoms with Gasteiger partial charge in [0.2, 0.25) is 12.7 Å².